The van der Waals surface area contributed by atoms with E-state index < -0.39 is 0 Å². The van der Waals surface area contributed by atoms with Gasteiger partial charge in [-0.3, -0.25) is 5.01 Å². The molecule has 1 aliphatic rings. The molecule has 1 N–H and O–H groups in total. The molecule has 0 amide bonds. The summed E-state index contributed by atoms with van der Waals surface area (Å²) in [6, 6.07) is 0. The first-order valence-corrected chi connectivity index (χ1v) is 2.32. The topological polar surface area (TPSA) is 35.8 Å². The van der Waals surface area contributed by atoms with Gasteiger partial charge in [-0.2, -0.15) is 5.10 Å². The maximum absolute atomic E-state index is 8.38. The van der Waals surface area contributed by atoms with E-state index in [-0.39, 0.29) is 6.73 Å². The van der Waals surface area contributed by atoms with Gasteiger partial charge in [0.1, 0.15) is 6.73 Å². The Hall–Kier alpha value is -0.570. The summed E-state index contributed by atoms with van der Waals surface area (Å²) in [5.74, 6) is 0. The van der Waals surface area contributed by atoms with Gasteiger partial charge in [0.2, 0.25) is 0 Å². The molecule has 0 unspecified atom stereocenters. The molecule has 0 aromatic heterocycles. The first-order chi connectivity index (χ1) is 3.43. The standard InChI is InChI=1S/C4H8N2O/c7-4-6-3-1-2-5-6/h2,7H,1,3-4H2. The summed E-state index contributed by atoms with van der Waals surface area (Å²) < 4.78 is 0. The second-order valence-electron chi connectivity index (χ2n) is 1.46. The Kier molecular flexibility index (Phi) is 1.26. The van der Waals surface area contributed by atoms with Crippen LogP contribution in [0.2, 0.25) is 0 Å². The molecule has 0 radical (unpaired) electrons. The van der Waals surface area contributed by atoms with E-state index in [0.29, 0.717) is 0 Å². The van der Waals surface area contributed by atoms with Gasteiger partial charge >= 0.3 is 0 Å². The Labute approximate surface area is 42.2 Å². The average Bonchev–Trinajstić information content (AvgIpc) is 2.14. The maximum Gasteiger partial charge on any atom is 0.131 e. The highest BCUT2D eigenvalue weighted by Gasteiger charge is 2.00. The Morgan fingerprint density at radius 3 is 3.00 bits per heavy atom. The van der Waals surface area contributed by atoms with Crippen molar-refractivity contribution in [3.63, 3.8) is 0 Å². The molecule has 1 heterocycles. The number of aliphatic hydroxyl groups excluding tert-OH is 1. The third-order valence-corrected chi connectivity index (χ3v) is 0.925. The fourth-order valence-electron chi connectivity index (χ4n) is 0.545. The first-order valence-electron chi connectivity index (χ1n) is 2.32. The van der Waals surface area contributed by atoms with Gasteiger partial charge in [0.25, 0.3) is 0 Å². The van der Waals surface area contributed by atoms with Crippen molar-refractivity contribution in [3.8, 4) is 0 Å². The fourth-order valence-corrected chi connectivity index (χ4v) is 0.545. The molecular weight excluding hydrogens is 92.1 g/mol. The van der Waals surface area contributed by atoms with E-state index in [4.69, 9.17) is 5.11 Å². The van der Waals surface area contributed by atoms with Crippen LogP contribution in [-0.4, -0.2) is 29.6 Å². The Morgan fingerprint density at radius 2 is 2.71 bits per heavy atom. The molecule has 0 bridgehead atoms. The fraction of sp³-hybridized carbons (Fsp3) is 0.750. The summed E-state index contributed by atoms with van der Waals surface area (Å²) >= 11 is 0. The summed E-state index contributed by atoms with van der Waals surface area (Å²) in [5, 5.41) is 13.8. The number of nitrogens with zero attached hydrogens (tertiary/aromatic N) is 2. The monoisotopic (exact) mass is 100 g/mol. The van der Waals surface area contributed by atoms with E-state index in [2.05, 4.69) is 5.10 Å². The van der Waals surface area contributed by atoms with Gasteiger partial charge in [-0.1, -0.05) is 0 Å². The molecule has 40 valence electrons. The van der Waals surface area contributed by atoms with Crippen LogP contribution in [0.3, 0.4) is 0 Å². The number of aliphatic hydroxyl groups is 1. The molecule has 3 nitrogen and oxygen atoms in total. The predicted molar refractivity (Wildman–Crippen MR) is 26.9 cm³/mol. The van der Waals surface area contributed by atoms with Crippen LogP contribution in [0.25, 0.3) is 0 Å². The molecular formula is C4H8N2O. The zero-order valence-electron chi connectivity index (χ0n) is 4.04. The lowest BCUT2D eigenvalue weighted by atomic mass is 10.5. The quantitative estimate of drug-likeness (QED) is 0.488. The van der Waals surface area contributed by atoms with Gasteiger partial charge in [-0.05, 0) is 0 Å². The molecule has 0 saturated carbocycles. The Bertz CT molecular complexity index is 81.8. The third-order valence-electron chi connectivity index (χ3n) is 0.925. The van der Waals surface area contributed by atoms with Crippen LogP contribution >= 0.6 is 0 Å². The van der Waals surface area contributed by atoms with Crippen molar-refractivity contribution in [1.29, 1.82) is 0 Å². The molecule has 0 spiro atoms. The van der Waals surface area contributed by atoms with Crippen LogP contribution in [0.4, 0.5) is 0 Å². The number of hydrogen-bond acceptors (Lipinski definition) is 3. The Morgan fingerprint density at radius 1 is 1.86 bits per heavy atom. The highest BCUT2D eigenvalue weighted by Crippen LogP contribution is 1.95. The largest absolute Gasteiger partial charge is 0.375 e. The van der Waals surface area contributed by atoms with Crippen LogP contribution in [0.5, 0.6) is 0 Å². The van der Waals surface area contributed by atoms with Crippen molar-refractivity contribution in [1.82, 2.24) is 5.01 Å². The van der Waals surface area contributed by atoms with Gasteiger partial charge in [-0.15, -0.1) is 0 Å². The predicted octanol–water partition coefficient (Wildman–Crippen LogP) is -0.372. The molecule has 0 fully saturated rings. The molecule has 0 aliphatic carbocycles. The lowest BCUT2D eigenvalue weighted by Gasteiger charge is -2.06. The van der Waals surface area contributed by atoms with Crippen molar-refractivity contribution in [2.45, 2.75) is 6.42 Å². The molecule has 1 rings (SSSR count). The normalized spacial score (nSPS) is 18.7. The summed E-state index contributed by atoms with van der Waals surface area (Å²) in [6.45, 7) is 0.924. The maximum atomic E-state index is 8.38. The lowest BCUT2D eigenvalue weighted by molar-refractivity contribution is 0.122. The molecule has 0 atom stereocenters. The van der Waals surface area contributed by atoms with Crippen LogP contribution in [0, 0.1) is 0 Å². The number of rotatable bonds is 1. The van der Waals surface area contributed by atoms with Gasteiger partial charge in [0, 0.05) is 19.2 Å². The summed E-state index contributed by atoms with van der Waals surface area (Å²) in [5.41, 5.74) is 0. The highest BCUT2D eigenvalue weighted by atomic mass is 16.3. The van der Waals surface area contributed by atoms with Crippen molar-refractivity contribution in [2.75, 3.05) is 13.3 Å². The second-order valence-corrected chi connectivity index (χ2v) is 1.46. The van der Waals surface area contributed by atoms with Gasteiger partial charge in [-0.25, -0.2) is 0 Å². The van der Waals surface area contributed by atoms with E-state index in [0.717, 1.165) is 13.0 Å². The van der Waals surface area contributed by atoms with Crippen LogP contribution in [0.1, 0.15) is 6.42 Å². The van der Waals surface area contributed by atoms with E-state index in [1.165, 1.54) is 0 Å². The van der Waals surface area contributed by atoms with Crippen molar-refractivity contribution in [3.05, 3.63) is 0 Å². The minimum Gasteiger partial charge on any atom is -0.375 e. The van der Waals surface area contributed by atoms with Crippen LogP contribution in [0.15, 0.2) is 5.10 Å². The minimum atomic E-state index is 0.0521. The highest BCUT2D eigenvalue weighted by molar-refractivity contribution is 5.58. The van der Waals surface area contributed by atoms with E-state index in [9.17, 15) is 0 Å². The van der Waals surface area contributed by atoms with E-state index in [1.807, 2.05) is 0 Å². The average molecular weight is 100 g/mol. The molecule has 1 aliphatic heterocycles. The lowest BCUT2D eigenvalue weighted by Crippen LogP contribution is -2.14. The van der Waals surface area contributed by atoms with Crippen molar-refractivity contribution < 1.29 is 5.11 Å². The molecule has 7 heavy (non-hydrogen) atoms. The van der Waals surface area contributed by atoms with E-state index >= 15 is 0 Å². The molecule has 0 saturated heterocycles. The number of hydrogen-bond donors (Lipinski definition) is 1. The van der Waals surface area contributed by atoms with Crippen LogP contribution in [-0.2, 0) is 0 Å². The zero-order valence-corrected chi connectivity index (χ0v) is 4.04. The molecule has 3 heteroatoms. The third kappa shape index (κ3) is 0.899. The molecule has 0 aromatic carbocycles. The Balaban J connectivity index is 2.28. The first kappa shape index (κ1) is 4.59. The van der Waals surface area contributed by atoms with Gasteiger partial charge in [0.05, 0.1) is 0 Å². The SMILES string of the molecule is OCN1CCC=N1. The van der Waals surface area contributed by atoms with Crippen molar-refractivity contribution in [2.24, 2.45) is 5.10 Å². The summed E-state index contributed by atoms with van der Waals surface area (Å²) in [4.78, 5) is 0. The van der Waals surface area contributed by atoms with Crippen LogP contribution < -0.4 is 0 Å². The minimum absolute atomic E-state index is 0.0521. The zero-order chi connectivity index (χ0) is 5.11. The summed E-state index contributed by atoms with van der Waals surface area (Å²) in [7, 11) is 0. The van der Waals surface area contributed by atoms with E-state index in [1.54, 1.807) is 11.2 Å². The summed E-state index contributed by atoms with van der Waals surface area (Å²) in [6.07, 6.45) is 2.77. The number of hydrazone groups is 1. The smallest absolute Gasteiger partial charge is 0.131 e. The van der Waals surface area contributed by atoms with Crippen molar-refractivity contribution >= 4 is 6.21 Å². The second kappa shape index (κ2) is 1.93. The molecule has 0 aromatic rings. The van der Waals surface area contributed by atoms with Gasteiger partial charge < -0.3 is 5.11 Å². The van der Waals surface area contributed by atoms with Gasteiger partial charge in [0.15, 0.2) is 0 Å².